The average Bonchev–Trinajstić information content (AvgIpc) is 2.85. The van der Waals surface area contributed by atoms with Crippen LogP contribution in [0.25, 0.3) is 0 Å². The van der Waals surface area contributed by atoms with Gasteiger partial charge in [0, 0.05) is 31.6 Å². The Labute approximate surface area is 110 Å². The maximum absolute atomic E-state index is 10.6. The van der Waals surface area contributed by atoms with Crippen molar-refractivity contribution >= 4 is 5.97 Å². The largest absolute Gasteiger partial charge is 0.480 e. The van der Waals surface area contributed by atoms with Crippen LogP contribution in [0.3, 0.4) is 0 Å². The third-order valence-electron chi connectivity index (χ3n) is 2.71. The number of hydrogen-bond donors (Lipinski definition) is 2. The number of aromatic nitrogens is 4. The Hall–Kier alpha value is -2.28. The van der Waals surface area contributed by atoms with Crippen LogP contribution in [0.15, 0.2) is 30.7 Å². The van der Waals surface area contributed by atoms with Gasteiger partial charge in [0.2, 0.25) is 0 Å². The van der Waals surface area contributed by atoms with E-state index < -0.39 is 12.0 Å². The van der Waals surface area contributed by atoms with Crippen molar-refractivity contribution < 1.29 is 9.90 Å². The van der Waals surface area contributed by atoms with Gasteiger partial charge in [-0.05, 0) is 24.1 Å². The summed E-state index contributed by atoms with van der Waals surface area (Å²) in [6.45, 7) is 0.680. The van der Waals surface area contributed by atoms with Crippen molar-refractivity contribution in [1.29, 1.82) is 0 Å². The molecule has 1 unspecified atom stereocenters. The van der Waals surface area contributed by atoms with Gasteiger partial charge >= 0.3 is 5.97 Å². The highest BCUT2D eigenvalue weighted by molar-refractivity contribution is 5.73. The van der Waals surface area contributed by atoms with Crippen LogP contribution in [0, 0.1) is 0 Å². The van der Waals surface area contributed by atoms with Crippen molar-refractivity contribution in [2.45, 2.75) is 25.4 Å². The van der Waals surface area contributed by atoms with E-state index in [2.05, 4.69) is 15.3 Å². The maximum Gasteiger partial charge on any atom is 0.320 e. The van der Waals surface area contributed by atoms with Gasteiger partial charge in [0.25, 0.3) is 0 Å². The molecule has 3 N–H and O–H groups in total. The van der Waals surface area contributed by atoms with Gasteiger partial charge in [-0.15, -0.1) is 5.10 Å². The van der Waals surface area contributed by atoms with Crippen molar-refractivity contribution in [3.63, 3.8) is 0 Å². The van der Waals surface area contributed by atoms with Crippen molar-refractivity contribution in [3.8, 4) is 0 Å². The highest BCUT2D eigenvalue weighted by Crippen LogP contribution is 2.02. The van der Waals surface area contributed by atoms with Crippen LogP contribution in [0.4, 0.5) is 0 Å². The highest BCUT2D eigenvalue weighted by Gasteiger charge is 2.14. The Balaban J connectivity index is 1.89. The fourth-order valence-corrected chi connectivity index (χ4v) is 1.65. The number of carboxylic acids is 1. The standard InChI is InChI=1S/C12H15N5O2/c13-11(12(18)19)7-10-8-17(16-15-10)6-3-9-1-4-14-5-2-9/h1-2,4-5,8,11H,3,6-7,13H2,(H,18,19). The van der Waals surface area contributed by atoms with Crippen molar-refractivity contribution in [2.24, 2.45) is 5.73 Å². The van der Waals surface area contributed by atoms with Gasteiger partial charge in [0.05, 0.1) is 5.69 Å². The molecule has 2 aromatic heterocycles. The highest BCUT2D eigenvalue weighted by atomic mass is 16.4. The second-order valence-corrected chi connectivity index (χ2v) is 4.23. The third kappa shape index (κ3) is 3.85. The first-order valence-corrected chi connectivity index (χ1v) is 5.91. The topological polar surface area (TPSA) is 107 Å². The minimum atomic E-state index is -1.04. The molecule has 1 atom stereocenters. The van der Waals surface area contributed by atoms with Gasteiger partial charge in [-0.2, -0.15) is 0 Å². The lowest BCUT2D eigenvalue weighted by molar-refractivity contribution is -0.138. The smallest absolute Gasteiger partial charge is 0.320 e. The number of aryl methyl sites for hydroxylation is 2. The van der Waals surface area contributed by atoms with Crippen LogP contribution in [0.5, 0.6) is 0 Å². The normalized spacial score (nSPS) is 12.3. The predicted octanol–water partition coefficient (Wildman–Crippen LogP) is -0.130. The lowest BCUT2D eigenvalue weighted by Crippen LogP contribution is -2.32. The quantitative estimate of drug-likeness (QED) is 0.750. The number of aliphatic carboxylic acids is 1. The molecular weight excluding hydrogens is 246 g/mol. The van der Waals surface area contributed by atoms with Crippen LogP contribution < -0.4 is 5.73 Å². The molecule has 2 heterocycles. The van der Waals surface area contributed by atoms with E-state index >= 15 is 0 Å². The third-order valence-corrected chi connectivity index (χ3v) is 2.71. The number of rotatable bonds is 6. The molecule has 0 saturated heterocycles. The zero-order chi connectivity index (χ0) is 13.7. The van der Waals surface area contributed by atoms with E-state index in [1.165, 1.54) is 0 Å². The van der Waals surface area contributed by atoms with Gasteiger partial charge in [-0.1, -0.05) is 5.21 Å². The molecule has 7 nitrogen and oxygen atoms in total. The van der Waals surface area contributed by atoms with Crippen LogP contribution in [-0.4, -0.2) is 37.1 Å². The Kier molecular flexibility index (Phi) is 4.19. The Morgan fingerprint density at radius 1 is 1.42 bits per heavy atom. The predicted molar refractivity (Wildman–Crippen MR) is 67.3 cm³/mol. The minimum Gasteiger partial charge on any atom is -0.480 e. The minimum absolute atomic E-state index is 0.185. The molecule has 0 fully saturated rings. The molecule has 0 amide bonds. The SMILES string of the molecule is NC(Cc1cn(CCc2ccncc2)nn1)C(=O)O. The summed E-state index contributed by atoms with van der Waals surface area (Å²) in [6, 6.07) is 2.95. The van der Waals surface area contributed by atoms with Gasteiger partial charge in [0.15, 0.2) is 0 Å². The summed E-state index contributed by atoms with van der Waals surface area (Å²) in [7, 11) is 0. The van der Waals surface area contributed by atoms with E-state index in [0.717, 1.165) is 12.0 Å². The van der Waals surface area contributed by atoms with Gasteiger partial charge in [-0.3, -0.25) is 14.5 Å². The molecule has 0 aromatic carbocycles. The molecular formula is C12H15N5O2. The molecule has 100 valence electrons. The second-order valence-electron chi connectivity index (χ2n) is 4.23. The average molecular weight is 261 g/mol. The molecule has 19 heavy (non-hydrogen) atoms. The summed E-state index contributed by atoms with van der Waals surface area (Å²) >= 11 is 0. The number of nitrogens with two attached hydrogens (primary N) is 1. The first-order valence-electron chi connectivity index (χ1n) is 5.91. The molecule has 0 bridgehead atoms. The fourth-order valence-electron chi connectivity index (χ4n) is 1.65. The maximum atomic E-state index is 10.6. The number of nitrogens with zero attached hydrogens (tertiary/aromatic N) is 4. The second kappa shape index (κ2) is 6.05. The first kappa shape index (κ1) is 13.2. The van der Waals surface area contributed by atoms with Gasteiger partial charge < -0.3 is 10.8 Å². The van der Waals surface area contributed by atoms with Crippen molar-refractivity contribution in [3.05, 3.63) is 42.0 Å². The van der Waals surface area contributed by atoms with E-state index in [0.29, 0.717) is 12.2 Å². The summed E-state index contributed by atoms with van der Waals surface area (Å²) in [5, 5.41) is 16.6. The van der Waals surface area contributed by atoms with E-state index in [1.807, 2.05) is 12.1 Å². The number of carboxylic acid groups (broad SMARTS) is 1. The molecule has 2 aromatic rings. The van der Waals surface area contributed by atoms with Crippen LogP contribution in [0.2, 0.25) is 0 Å². The molecule has 0 radical (unpaired) electrons. The molecule has 0 aliphatic heterocycles. The van der Waals surface area contributed by atoms with E-state index in [-0.39, 0.29) is 6.42 Å². The van der Waals surface area contributed by atoms with E-state index in [4.69, 9.17) is 10.8 Å². The van der Waals surface area contributed by atoms with Gasteiger partial charge in [-0.25, -0.2) is 0 Å². The van der Waals surface area contributed by atoms with E-state index in [9.17, 15) is 4.79 Å². The number of pyridine rings is 1. The Bertz CT molecular complexity index is 540. The molecule has 0 aliphatic carbocycles. The zero-order valence-corrected chi connectivity index (χ0v) is 10.3. The molecule has 0 spiro atoms. The van der Waals surface area contributed by atoms with Crippen molar-refractivity contribution in [2.75, 3.05) is 0 Å². The molecule has 0 aliphatic rings. The summed E-state index contributed by atoms with van der Waals surface area (Å²) in [5.41, 5.74) is 7.19. The number of carbonyl (C=O) groups is 1. The fraction of sp³-hybridized carbons (Fsp3) is 0.333. The van der Waals surface area contributed by atoms with Gasteiger partial charge in [0.1, 0.15) is 6.04 Å². The first-order chi connectivity index (χ1) is 9.15. The summed E-state index contributed by atoms with van der Waals surface area (Å²) in [4.78, 5) is 14.6. The Morgan fingerprint density at radius 2 is 2.16 bits per heavy atom. The zero-order valence-electron chi connectivity index (χ0n) is 10.3. The molecule has 0 saturated carbocycles. The summed E-state index contributed by atoms with van der Waals surface area (Å²) < 4.78 is 1.68. The van der Waals surface area contributed by atoms with Crippen LogP contribution in [-0.2, 0) is 24.2 Å². The summed E-state index contributed by atoms with van der Waals surface area (Å²) in [5.74, 6) is -1.04. The van der Waals surface area contributed by atoms with Crippen LogP contribution in [0.1, 0.15) is 11.3 Å². The lowest BCUT2D eigenvalue weighted by atomic mass is 10.2. The molecule has 7 heteroatoms. The molecule has 2 rings (SSSR count). The van der Waals surface area contributed by atoms with E-state index in [1.54, 1.807) is 23.3 Å². The van der Waals surface area contributed by atoms with Crippen LogP contribution >= 0.6 is 0 Å². The van der Waals surface area contributed by atoms with Crippen molar-refractivity contribution in [1.82, 2.24) is 20.0 Å². The lowest BCUT2D eigenvalue weighted by Gasteiger charge is -2.02. The summed E-state index contributed by atoms with van der Waals surface area (Å²) in [6.07, 6.45) is 6.22. The number of hydrogen-bond acceptors (Lipinski definition) is 5. The Morgan fingerprint density at radius 3 is 2.84 bits per heavy atom. The monoisotopic (exact) mass is 261 g/mol.